The lowest BCUT2D eigenvalue weighted by Gasteiger charge is -2.44. The fourth-order valence-corrected chi connectivity index (χ4v) is 6.36. The van der Waals surface area contributed by atoms with Crippen LogP contribution in [0.1, 0.15) is 59.4 Å². The van der Waals surface area contributed by atoms with Crippen LogP contribution in [0.3, 0.4) is 0 Å². The van der Waals surface area contributed by atoms with E-state index in [9.17, 15) is 10.1 Å². The molecule has 2 heterocycles. The molecule has 1 aliphatic carbocycles. The second-order valence-electron chi connectivity index (χ2n) is 9.87. The van der Waals surface area contributed by atoms with Gasteiger partial charge < -0.3 is 4.74 Å². The molecule has 4 heteroatoms. The normalized spacial score (nSPS) is 20.5. The summed E-state index contributed by atoms with van der Waals surface area (Å²) in [5.74, 6) is 0.0623. The standard InChI is InChI=1S/C31H28N2O2/c1-20-8-6-9-21(18-32)30(20)22-16-23-10-7-11-24(17-22)33(23)31(34)35-19-29-27-14-4-2-12-25(27)26-13-3-5-15-28(26)29/h2-6,8-9,12-16,23-24,29H,7,10-11,17,19H2,1H3. The lowest BCUT2D eigenvalue weighted by atomic mass is 9.81. The van der Waals surface area contributed by atoms with Gasteiger partial charge >= 0.3 is 6.09 Å². The van der Waals surface area contributed by atoms with E-state index < -0.39 is 0 Å². The Balaban J connectivity index is 1.25. The van der Waals surface area contributed by atoms with E-state index in [1.54, 1.807) is 0 Å². The van der Waals surface area contributed by atoms with Crippen LogP contribution in [0, 0.1) is 18.3 Å². The van der Waals surface area contributed by atoms with Crippen molar-refractivity contribution in [3.05, 3.63) is 101 Å². The molecule has 1 fully saturated rings. The Morgan fingerprint density at radius 3 is 2.40 bits per heavy atom. The summed E-state index contributed by atoms with van der Waals surface area (Å²) in [5.41, 5.74) is 8.98. The molecule has 6 rings (SSSR count). The van der Waals surface area contributed by atoms with E-state index in [4.69, 9.17) is 4.74 Å². The number of amides is 1. The van der Waals surface area contributed by atoms with Crippen molar-refractivity contribution in [3.8, 4) is 17.2 Å². The Hall–Kier alpha value is -3.84. The third kappa shape index (κ3) is 3.63. The largest absolute Gasteiger partial charge is 0.448 e. The van der Waals surface area contributed by atoms with Crippen LogP contribution in [-0.4, -0.2) is 29.7 Å². The fourth-order valence-electron chi connectivity index (χ4n) is 6.36. The molecule has 4 nitrogen and oxygen atoms in total. The van der Waals surface area contributed by atoms with E-state index in [1.807, 2.05) is 17.0 Å². The van der Waals surface area contributed by atoms with E-state index in [-0.39, 0.29) is 24.1 Å². The number of hydrogen-bond acceptors (Lipinski definition) is 3. The number of benzene rings is 3. The molecular formula is C31H28N2O2. The van der Waals surface area contributed by atoms with Gasteiger partial charge in [0.15, 0.2) is 0 Å². The molecule has 35 heavy (non-hydrogen) atoms. The zero-order chi connectivity index (χ0) is 23.9. The predicted molar refractivity (Wildman–Crippen MR) is 137 cm³/mol. The minimum atomic E-state index is -0.220. The van der Waals surface area contributed by atoms with Crippen molar-refractivity contribution < 1.29 is 9.53 Å². The average Bonchev–Trinajstić information content (AvgIpc) is 3.20. The summed E-state index contributed by atoms with van der Waals surface area (Å²) in [6.07, 6.45) is 5.75. The first-order chi connectivity index (χ1) is 17.2. The first kappa shape index (κ1) is 21.7. The van der Waals surface area contributed by atoms with Crippen LogP contribution < -0.4 is 0 Å². The number of carbonyl (C=O) groups is 1. The zero-order valence-electron chi connectivity index (χ0n) is 19.9. The molecule has 2 unspecified atom stereocenters. The highest BCUT2D eigenvalue weighted by atomic mass is 16.6. The number of hydrogen-bond donors (Lipinski definition) is 0. The summed E-state index contributed by atoms with van der Waals surface area (Å²) in [5, 5.41) is 9.67. The van der Waals surface area contributed by atoms with Gasteiger partial charge in [-0.2, -0.15) is 5.26 Å². The maximum atomic E-state index is 13.4. The SMILES string of the molecule is Cc1cccc(C#N)c1C1=CC2CCCC(C1)N2C(=O)OCC1c2ccccc2-c2ccccc21. The Morgan fingerprint density at radius 2 is 1.71 bits per heavy atom. The lowest BCUT2D eigenvalue weighted by Crippen LogP contribution is -2.52. The third-order valence-electron chi connectivity index (χ3n) is 7.90. The van der Waals surface area contributed by atoms with E-state index in [2.05, 4.69) is 73.7 Å². The summed E-state index contributed by atoms with van der Waals surface area (Å²) in [4.78, 5) is 15.4. The maximum Gasteiger partial charge on any atom is 0.410 e. The smallest absolute Gasteiger partial charge is 0.410 e. The molecule has 174 valence electrons. The first-order valence-corrected chi connectivity index (χ1v) is 12.5. The Bertz CT molecular complexity index is 1340. The van der Waals surface area contributed by atoms with E-state index >= 15 is 0 Å². The van der Waals surface area contributed by atoms with Crippen molar-refractivity contribution in [2.24, 2.45) is 0 Å². The number of fused-ring (bicyclic) bond motifs is 5. The molecule has 0 radical (unpaired) electrons. The minimum absolute atomic E-state index is 0.0132. The summed E-state index contributed by atoms with van der Waals surface area (Å²) >= 11 is 0. The molecule has 2 atom stereocenters. The quantitative estimate of drug-likeness (QED) is 0.431. The van der Waals surface area contributed by atoms with Crippen molar-refractivity contribution in [2.75, 3.05) is 6.61 Å². The van der Waals surface area contributed by atoms with Crippen molar-refractivity contribution >= 4 is 11.7 Å². The highest BCUT2D eigenvalue weighted by Gasteiger charge is 2.39. The number of aryl methyl sites for hydroxylation is 1. The second kappa shape index (κ2) is 8.74. The number of carbonyl (C=O) groups excluding carboxylic acids is 1. The lowest BCUT2D eigenvalue weighted by molar-refractivity contribution is 0.0539. The van der Waals surface area contributed by atoms with Crippen LogP contribution in [-0.2, 0) is 4.74 Å². The molecule has 1 saturated heterocycles. The van der Waals surface area contributed by atoms with Gasteiger partial charge in [0.05, 0.1) is 17.7 Å². The molecule has 0 saturated carbocycles. The van der Waals surface area contributed by atoms with Gasteiger partial charge in [-0.25, -0.2) is 4.79 Å². The fraction of sp³-hybridized carbons (Fsp3) is 0.290. The number of rotatable bonds is 3. The molecular weight excluding hydrogens is 432 g/mol. The summed E-state index contributed by atoms with van der Waals surface area (Å²) < 4.78 is 6.03. The highest BCUT2D eigenvalue weighted by molar-refractivity contribution is 5.80. The number of piperidine rings is 1. The monoisotopic (exact) mass is 460 g/mol. The molecule has 0 aromatic heterocycles. The molecule has 0 N–H and O–H groups in total. The van der Waals surface area contributed by atoms with Crippen molar-refractivity contribution in [2.45, 2.75) is 50.6 Å². The zero-order valence-corrected chi connectivity index (χ0v) is 19.9. The summed E-state index contributed by atoms with van der Waals surface area (Å²) in [7, 11) is 0. The van der Waals surface area contributed by atoms with Crippen LogP contribution >= 0.6 is 0 Å². The Kier molecular flexibility index (Phi) is 5.41. The van der Waals surface area contributed by atoms with Gasteiger partial charge in [0, 0.05) is 12.0 Å². The van der Waals surface area contributed by atoms with E-state index in [0.717, 1.165) is 36.8 Å². The third-order valence-corrected chi connectivity index (χ3v) is 7.90. The number of ether oxygens (including phenoxy) is 1. The second-order valence-corrected chi connectivity index (χ2v) is 9.87. The van der Waals surface area contributed by atoms with Crippen molar-refractivity contribution in [1.29, 1.82) is 5.26 Å². The van der Waals surface area contributed by atoms with Gasteiger partial charge in [-0.05, 0) is 77.6 Å². The van der Waals surface area contributed by atoms with Crippen molar-refractivity contribution in [3.63, 3.8) is 0 Å². The molecule has 2 bridgehead atoms. The molecule has 1 amide bonds. The minimum Gasteiger partial charge on any atom is -0.448 e. The molecule has 3 aliphatic rings. The van der Waals surface area contributed by atoms with Crippen LogP contribution in [0.25, 0.3) is 16.7 Å². The van der Waals surface area contributed by atoms with Crippen LogP contribution in [0.4, 0.5) is 4.79 Å². The predicted octanol–water partition coefficient (Wildman–Crippen LogP) is 6.83. The van der Waals surface area contributed by atoms with E-state index in [1.165, 1.54) is 27.8 Å². The number of nitrogens with zero attached hydrogens (tertiary/aromatic N) is 2. The molecule has 2 aliphatic heterocycles. The van der Waals surface area contributed by atoms with Gasteiger partial charge in [-0.1, -0.05) is 66.7 Å². The molecule has 0 spiro atoms. The van der Waals surface area contributed by atoms with Gasteiger partial charge in [0.2, 0.25) is 0 Å². The highest BCUT2D eigenvalue weighted by Crippen LogP contribution is 2.45. The topological polar surface area (TPSA) is 53.3 Å². The first-order valence-electron chi connectivity index (χ1n) is 12.5. The van der Waals surface area contributed by atoms with Crippen LogP contribution in [0.15, 0.2) is 72.8 Å². The van der Waals surface area contributed by atoms with Gasteiger partial charge in [-0.15, -0.1) is 0 Å². The molecule has 3 aromatic rings. The number of nitriles is 1. The van der Waals surface area contributed by atoms with Gasteiger partial charge in [0.25, 0.3) is 0 Å². The molecule has 3 aromatic carbocycles. The Morgan fingerprint density at radius 1 is 1.00 bits per heavy atom. The Labute approximate surface area is 206 Å². The summed E-state index contributed by atoms with van der Waals surface area (Å²) in [6, 6.07) is 25.2. The van der Waals surface area contributed by atoms with Crippen molar-refractivity contribution in [1.82, 2.24) is 4.90 Å². The van der Waals surface area contributed by atoms with Gasteiger partial charge in [-0.3, -0.25) is 4.90 Å². The van der Waals surface area contributed by atoms with Crippen LogP contribution in [0.2, 0.25) is 0 Å². The van der Waals surface area contributed by atoms with Gasteiger partial charge in [0.1, 0.15) is 6.61 Å². The average molecular weight is 461 g/mol. The van der Waals surface area contributed by atoms with E-state index in [0.29, 0.717) is 12.2 Å². The summed E-state index contributed by atoms with van der Waals surface area (Å²) in [6.45, 7) is 2.40. The van der Waals surface area contributed by atoms with Crippen LogP contribution in [0.5, 0.6) is 0 Å². The maximum absolute atomic E-state index is 13.4.